The molecule has 0 spiro atoms. The maximum Gasteiger partial charge on any atom is 0.229 e. The van der Waals surface area contributed by atoms with Crippen molar-refractivity contribution < 1.29 is 4.74 Å². The van der Waals surface area contributed by atoms with Gasteiger partial charge in [-0.1, -0.05) is 6.42 Å². The third kappa shape index (κ3) is 4.60. The van der Waals surface area contributed by atoms with E-state index < -0.39 is 0 Å². The molecule has 134 valence electrons. The Kier molecular flexibility index (Phi) is 5.71. The number of hydrogen-bond donors (Lipinski definition) is 2. The van der Waals surface area contributed by atoms with Crippen LogP contribution in [0, 0.1) is 6.92 Å². The number of nitrogens with one attached hydrogen (secondary N) is 2. The van der Waals surface area contributed by atoms with Crippen LogP contribution in [-0.4, -0.2) is 42.1 Å². The van der Waals surface area contributed by atoms with Crippen LogP contribution >= 0.6 is 0 Å². The molecule has 0 radical (unpaired) electrons. The van der Waals surface area contributed by atoms with Crippen LogP contribution in [0.2, 0.25) is 0 Å². The van der Waals surface area contributed by atoms with Crippen LogP contribution in [0.1, 0.15) is 30.5 Å². The molecule has 2 N–H and O–H groups in total. The van der Waals surface area contributed by atoms with Gasteiger partial charge in [0.2, 0.25) is 5.95 Å². The zero-order chi connectivity index (χ0) is 17.6. The number of methoxy groups -OCH3 is 1. The molecule has 1 aliphatic rings. The van der Waals surface area contributed by atoms with Gasteiger partial charge in [-0.2, -0.15) is 4.98 Å². The second-order valence-electron chi connectivity index (χ2n) is 6.46. The lowest BCUT2D eigenvalue weighted by Gasteiger charge is -2.27. The second-order valence-corrected chi connectivity index (χ2v) is 6.46. The highest BCUT2D eigenvalue weighted by Crippen LogP contribution is 2.26. The van der Waals surface area contributed by atoms with Gasteiger partial charge in [0.05, 0.1) is 7.11 Å². The topological polar surface area (TPSA) is 62.3 Å². The predicted octanol–water partition coefficient (Wildman–Crippen LogP) is 3.56. The third-order valence-electron chi connectivity index (χ3n) is 4.49. The SMILES string of the molecule is CNc1cc(C)nc(Nc2ccc(OC)c(CN3CCCCC3)c2)n1. The predicted molar refractivity (Wildman–Crippen MR) is 102 cm³/mol. The Morgan fingerprint density at radius 3 is 2.64 bits per heavy atom. The minimum absolute atomic E-state index is 0.596. The molecule has 1 aliphatic heterocycles. The van der Waals surface area contributed by atoms with Crippen molar-refractivity contribution in [3.63, 3.8) is 0 Å². The lowest BCUT2D eigenvalue weighted by molar-refractivity contribution is 0.218. The molecule has 1 fully saturated rings. The lowest BCUT2D eigenvalue weighted by atomic mass is 10.1. The van der Waals surface area contributed by atoms with Crippen LogP contribution in [-0.2, 0) is 6.54 Å². The average Bonchev–Trinajstić information content (AvgIpc) is 2.62. The summed E-state index contributed by atoms with van der Waals surface area (Å²) in [6, 6.07) is 8.07. The van der Waals surface area contributed by atoms with Gasteiger partial charge in [-0.15, -0.1) is 0 Å². The zero-order valence-electron chi connectivity index (χ0n) is 15.3. The molecule has 0 aliphatic carbocycles. The van der Waals surface area contributed by atoms with E-state index in [2.05, 4.69) is 31.6 Å². The van der Waals surface area contributed by atoms with E-state index in [4.69, 9.17) is 4.74 Å². The molecule has 1 aromatic heterocycles. The van der Waals surface area contributed by atoms with E-state index in [1.807, 2.05) is 32.2 Å². The first-order valence-electron chi connectivity index (χ1n) is 8.87. The normalized spacial score (nSPS) is 15.0. The first-order valence-corrected chi connectivity index (χ1v) is 8.87. The van der Waals surface area contributed by atoms with E-state index in [0.717, 1.165) is 42.6 Å². The number of benzene rings is 1. The fraction of sp³-hybridized carbons (Fsp3) is 0.474. The van der Waals surface area contributed by atoms with E-state index in [9.17, 15) is 0 Å². The Morgan fingerprint density at radius 1 is 1.12 bits per heavy atom. The van der Waals surface area contributed by atoms with Crippen molar-refractivity contribution >= 4 is 17.5 Å². The van der Waals surface area contributed by atoms with Gasteiger partial charge in [0.15, 0.2) is 0 Å². The third-order valence-corrected chi connectivity index (χ3v) is 4.49. The molecule has 6 nitrogen and oxygen atoms in total. The molecule has 6 heteroatoms. The molecule has 2 heterocycles. The molecule has 1 aromatic carbocycles. The van der Waals surface area contributed by atoms with Crippen LogP contribution in [0.4, 0.5) is 17.5 Å². The van der Waals surface area contributed by atoms with Gasteiger partial charge in [0, 0.05) is 36.6 Å². The van der Waals surface area contributed by atoms with Gasteiger partial charge < -0.3 is 15.4 Å². The number of anilines is 3. The van der Waals surface area contributed by atoms with Crippen molar-refractivity contribution in [3.8, 4) is 5.75 Å². The monoisotopic (exact) mass is 341 g/mol. The van der Waals surface area contributed by atoms with Gasteiger partial charge >= 0.3 is 0 Å². The molecule has 25 heavy (non-hydrogen) atoms. The highest BCUT2D eigenvalue weighted by Gasteiger charge is 2.14. The highest BCUT2D eigenvalue weighted by atomic mass is 16.5. The van der Waals surface area contributed by atoms with Crippen LogP contribution in [0.25, 0.3) is 0 Å². The summed E-state index contributed by atoms with van der Waals surface area (Å²) in [7, 11) is 3.58. The van der Waals surface area contributed by atoms with Crippen molar-refractivity contribution in [2.45, 2.75) is 32.7 Å². The van der Waals surface area contributed by atoms with Crippen molar-refractivity contribution in [2.75, 3.05) is 37.9 Å². The number of aromatic nitrogens is 2. The lowest BCUT2D eigenvalue weighted by Crippen LogP contribution is -2.29. The van der Waals surface area contributed by atoms with Crippen LogP contribution in [0.5, 0.6) is 5.75 Å². The van der Waals surface area contributed by atoms with Crippen LogP contribution in [0.3, 0.4) is 0 Å². The summed E-state index contributed by atoms with van der Waals surface area (Å²) in [4.78, 5) is 11.4. The number of nitrogens with zero attached hydrogens (tertiary/aromatic N) is 3. The first kappa shape index (κ1) is 17.5. The fourth-order valence-electron chi connectivity index (χ4n) is 3.22. The number of hydrogen-bond acceptors (Lipinski definition) is 6. The van der Waals surface area contributed by atoms with E-state index in [1.165, 1.54) is 24.8 Å². The van der Waals surface area contributed by atoms with Crippen molar-refractivity contribution in [2.24, 2.45) is 0 Å². The number of likely N-dealkylation sites (tertiary alicyclic amines) is 1. The Bertz CT molecular complexity index is 713. The molecule has 0 bridgehead atoms. The molecule has 2 aromatic rings. The van der Waals surface area contributed by atoms with Gasteiger partial charge in [-0.3, -0.25) is 4.90 Å². The molecule has 0 atom stereocenters. The van der Waals surface area contributed by atoms with Gasteiger partial charge in [0.25, 0.3) is 0 Å². The summed E-state index contributed by atoms with van der Waals surface area (Å²) < 4.78 is 5.55. The van der Waals surface area contributed by atoms with Gasteiger partial charge in [-0.05, 0) is 51.1 Å². The Morgan fingerprint density at radius 2 is 1.92 bits per heavy atom. The summed E-state index contributed by atoms with van der Waals surface area (Å²) >= 11 is 0. The average molecular weight is 341 g/mol. The summed E-state index contributed by atoms with van der Waals surface area (Å²) in [5, 5.41) is 6.37. The van der Waals surface area contributed by atoms with E-state index >= 15 is 0 Å². The Hall–Kier alpha value is -2.34. The summed E-state index contributed by atoms with van der Waals surface area (Å²) in [5.41, 5.74) is 3.08. The quantitative estimate of drug-likeness (QED) is 0.838. The highest BCUT2D eigenvalue weighted by molar-refractivity contribution is 5.58. The molecule has 0 unspecified atom stereocenters. The largest absolute Gasteiger partial charge is 0.496 e. The van der Waals surface area contributed by atoms with E-state index in [1.54, 1.807) is 7.11 Å². The van der Waals surface area contributed by atoms with Gasteiger partial charge in [-0.25, -0.2) is 4.98 Å². The maximum absolute atomic E-state index is 5.55. The smallest absolute Gasteiger partial charge is 0.229 e. The number of rotatable bonds is 6. The molecular weight excluding hydrogens is 314 g/mol. The minimum atomic E-state index is 0.596. The first-order chi connectivity index (χ1) is 12.2. The summed E-state index contributed by atoms with van der Waals surface area (Å²) in [6.45, 7) is 5.19. The fourth-order valence-corrected chi connectivity index (χ4v) is 3.22. The number of ether oxygens (including phenoxy) is 1. The Labute approximate surface area is 149 Å². The van der Waals surface area contributed by atoms with Crippen molar-refractivity contribution in [1.82, 2.24) is 14.9 Å². The molecule has 3 rings (SSSR count). The second kappa shape index (κ2) is 8.16. The van der Waals surface area contributed by atoms with Crippen molar-refractivity contribution in [3.05, 3.63) is 35.5 Å². The molecule has 0 saturated carbocycles. The zero-order valence-corrected chi connectivity index (χ0v) is 15.3. The van der Waals surface area contributed by atoms with E-state index in [-0.39, 0.29) is 0 Å². The standard InChI is InChI=1S/C19H27N5O/c1-14-11-18(20-2)23-19(21-14)22-16-7-8-17(25-3)15(12-16)13-24-9-5-4-6-10-24/h7-8,11-12H,4-6,9-10,13H2,1-3H3,(H2,20,21,22,23). The minimum Gasteiger partial charge on any atom is -0.496 e. The van der Waals surface area contributed by atoms with Crippen LogP contribution in [0.15, 0.2) is 24.3 Å². The maximum atomic E-state index is 5.55. The van der Waals surface area contributed by atoms with Crippen LogP contribution < -0.4 is 15.4 Å². The molecular formula is C19H27N5O. The van der Waals surface area contributed by atoms with Crippen molar-refractivity contribution in [1.29, 1.82) is 0 Å². The number of aryl methyl sites for hydroxylation is 1. The molecule has 1 saturated heterocycles. The summed E-state index contributed by atoms with van der Waals surface area (Å²) in [6.07, 6.45) is 3.90. The van der Waals surface area contributed by atoms with E-state index in [0.29, 0.717) is 5.95 Å². The van der Waals surface area contributed by atoms with Gasteiger partial charge in [0.1, 0.15) is 11.6 Å². The Balaban J connectivity index is 1.79. The molecule has 0 amide bonds. The summed E-state index contributed by atoms with van der Waals surface area (Å²) in [5.74, 6) is 2.33. The number of piperidine rings is 1.